The number of hydrogen-bond acceptors (Lipinski definition) is 4. The first-order chi connectivity index (χ1) is 10.7. The minimum Gasteiger partial charge on any atom is -0.387 e. The molecule has 2 rings (SSSR count). The highest BCUT2D eigenvalue weighted by atomic mass is 16.5. The SMILES string of the molecule is CCOC1CC(N)(C(=O)NCC(O)c2ccc(C)cc2)C1(C)C. The number of aliphatic hydroxyl groups excluding tert-OH is 1. The molecule has 5 nitrogen and oxygen atoms in total. The third-order valence-corrected chi connectivity index (χ3v) is 5.15. The van der Waals surface area contributed by atoms with E-state index in [-0.39, 0.29) is 18.6 Å². The maximum absolute atomic E-state index is 12.5. The minimum absolute atomic E-state index is 0.00901. The molecule has 1 aliphatic rings. The summed E-state index contributed by atoms with van der Waals surface area (Å²) in [6, 6.07) is 7.60. The van der Waals surface area contributed by atoms with Crippen molar-refractivity contribution < 1.29 is 14.6 Å². The van der Waals surface area contributed by atoms with Crippen molar-refractivity contribution in [3.05, 3.63) is 35.4 Å². The Balaban J connectivity index is 1.93. The number of aliphatic hydroxyl groups is 1. The Bertz CT molecular complexity index is 556. The summed E-state index contributed by atoms with van der Waals surface area (Å²) in [5.74, 6) is -0.232. The van der Waals surface area contributed by atoms with Crippen molar-refractivity contribution in [3.8, 4) is 0 Å². The summed E-state index contributed by atoms with van der Waals surface area (Å²) in [5.41, 5.74) is 6.84. The van der Waals surface area contributed by atoms with Crippen molar-refractivity contribution >= 4 is 5.91 Å². The summed E-state index contributed by atoms with van der Waals surface area (Å²) in [4.78, 5) is 12.5. The minimum atomic E-state index is -0.958. The van der Waals surface area contributed by atoms with Crippen LogP contribution in [-0.4, -0.2) is 35.8 Å². The van der Waals surface area contributed by atoms with Crippen LogP contribution in [0.4, 0.5) is 0 Å². The van der Waals surface area contributed by atoms with Crippen LogP contribution in [-0.2, 0) is 9.53 Å². The largest absolute Gasteiger partial charge is 0.387 e. The highest BCUT2D eigenvalue weighted by molar-refractivity contribution is 5.88. The lowest BCUT2D eigenvalue weighted by Crippen LogP contribution is -2.75. The molecule has 0 bridgehead atoms. The van der Waals surface area contributed by atoms with E-state index in [4.69, 9.17) is 10.5 Å². The number of ether oxygens (including phenoxy) is 1. The molecule has 1 aliphatic carbocycles. The van der Waals surface area contributed by atoms with Crippen molar-refractivity contribution in [2.75, 3.05) is 13.2 Å². The molecule has 23 heavy (non-hydrogen) atoms. The van der Waals surface area contributed by atoms with Crippen LogP contribution < -0.4 is 11.1 Å². The van der Waals surface area contributed by atoms with Gasteiger partial charge < -0.3 is 20.9 Å². The van der Waals surface area contributed by atoms with Crippen LogP contribution in [0, 0.1) is 12.3 Å². The molecule has 5 heteroatoms. The van der Waals surface area contributed by atoms with Crippen molar-refractivity contribution in [3.63, 3.8) is 0 Å². The van der Waals surface area contributed by atoms with Gasteiger partial charge in [-0.3, -0.25) is 4.79 Å². The van der Waals surface area contributed by atoms with Gasteiger partial charge in [0.05, 0.1) is 12.2 Å². The van der Waals surface area contributed by atoms with E-state index in [9.17, 15) is 9.90 Å². The predicted octanol–water partition coefficient (Wildman–Crippen LogP) is 1.68. The second kappa shape index (κ2) is 6.59. The van der Waals surface area contributed by atoms with Crippen LogP contribution >= 0.6 is 0 Å². The Labute approximate surface area is 138 Å². The van der Waals surface area contributed by atoms with Gasteiger partial charge in [-0.15, -0.1) is 0 Å². The summed E-state index contributed by atoms with van der Waals surface area (Å²) in [5, 5.41) is 13.0. The highest BCUT2D eigenvalue weighted by Gasteiger charge is 2.62. The monoisotopic (exact) mass is 320 g/mol. The van der Waals surface area contributed by atoms with Gasteiger partial charge in [0.1, 0.15) is 5.54 Å². The van der Waals surface area contributed by atoms with Gasteiger partial charge in [-0.25, -0.2) is 0 Å². The zero-order valence-corrected chi connectivity index (χ0v) is 14.4. The fraction of sp³-hybridized carbons (Fsp3) is 0.611. The average molecular weight is 320 g/mol. The number of nitrogens with two attached hydrogens (primary N) is 1. The van der Waals surface area contributed by atoms with Crippen molar-refractivity contribution in [1.29, 1.82) is 0 Å². The first kappa shape index (κ1) is 17.9. The van der Waals surface area contributed by atoms with Gasteiger partial charge in [0, 0.05) is 25.0 Å². The quantitative estimate of drug-likeness (QED) is 0.744. The Hall–Kier alpha value is -1.43. The Kier molecular flexibility index (Phi) is 5.14. The summed E-state index contributed by atoms with van der Waals surface area (Å²) in [6.45, 7) is 8.59. The first-order valence-electron chi connectivity index (χ1n) is 8.15. The van der Waals surface area contributed by atoms with Gasteiger partial charge in [-0.1, -0.05) is 43.7 Å². The van der Waals surface area contributed by atoms with E-state index < -0.39 is 17.1 Å². The topological polar surface area (TPSA) is 84.6 Å². The third kappa shape index (κ3) is 3.27. The molecule has 128 valence electrons. The van der Waals surface area contributed by atoms with Crippen LogP contribution in [0.3, 0.4) is 0 Å². The second-order valence-electron chi connectivity index (χ2n) is 6.98. The van der Waals surface area contributed by atoms with E-state index in [1.54, 1.807) is 0 Å². The lowest BCUT2D eigenvalue weighted by atomic mass is 9.54. The maximum atomic E-state index is 12.5. The number of nitrogens with one attached hydrogen (secondary N) is 1. The van der Waals surface area contributed by atoms with Crippen LogP contribution in [0.1, 0.15) is 44.4 Å². The number of carbonyl (C=O) groups excluding carboxylic acids is 1. The molecule has 1 saturated carbocycles. The van der Waals surface area contributed by atoms with E-state index in [1.807, 2.05) is 52.0 Å². The molecule has 1 amide bonds. The molecular weight excluding hydrogens is 292 g/mol. The predicted molar refractivity (Wildman–Crippen MR) is 89.9 cm³/mol. The number of aryl methyl sites for hydroxylation is 1. The van der Waals surface area contributed by atoms with Gasteiger partial charge in [0.25, 0.3) is 0 Å². The van der Waals surface area contributed by atoms with E-state index >= 15 is 0 Å². The van der Waals surface area contributed by atoms with Gasteiger partial charge in [-0.05, 0) is 19.4 Å². The molecule has 0 heterocycles. The molecule has 4 N–H and O–H groups in total. The molecular formula is C18H28N2O3. The Morgan fingerprint density at radius 2 is 2.04 bits per heavy atom. The number of rotatable bonds is 6. The number of amides is 1. The molecule has 1 fully saturated rings. The van der Waals surface area contributed by atoms with E-state index in [0.717, 1.165) is 11.1 Å². The van der Waals surface area contributed by atoms with Gasteiger partial charge in [0.15, 0.2) is 0 Å². The van der Waals surface area contributed by atoms with Gasteiger partial charge >= 0.3 is 0 Å². The fourth-order valence-electron chi connectivity index (χ4n) is 3.07. The average Bonchev–Trinajstić information content (AvgIpc) is 2.52. The van der Waals surface area contributed by atoms with E-state index in [2.05, 4.69) is 5.32 Å². The van der Waals surface area contributed by atoms with Crippen LogP contribution in [0.5, 0.6) is 0 Å². The molecule has 0 spiro atoms. The smallest absolute Gasteiger partial charge is 0.240 e. The summed E-state index contributed by atoms with van der Waals surface area (Å²) in [7, 11) is 0. The summed E-state index contributed by atoms with van der Waals surface area (Å²) in [6.07, 6.45) is -0.250. The number of carbonyl (C=O) groups is 1. The number of hydrogen-bond donors (Lipinski definition) is 3. The lowest BCUT2D eigenvalue weighted by Gasteiger charge is -2.57. The fourth-order valence-corrected chi connectivity index (χ4v) is 3.07. The molecule has 0 aliphatic heterocycles. The van der Waals surface area contributed by atoms with Crippen molar-refractivity contribution in [2.24, 2.45) is 11.1 Å². The van der Waals surface area contributed by atoms with Gasteiger partial charge in [-0.2, -0.15) is 0 Å². The highest BCUT2D eigenvalue weighted by Crippen LogP contribution is 2.49. The Morgan fingerprint density at radius 1 is 1.43 bits per heavy atom. The zero-order valence-electron chi connectivity index (χ0n) is 14.4. The van der Waals surface area contributed by atoms with Gasteiger partial charge in [0.2, 0.25) is 5.91 Å². The molecule has 0 saturated heterocycles. The maximum Gasteiger partial charge on any atom is 0.240 e. The van der Waals surface area contributed by atoms with Crippen LogP contribution in [0.25, 0.3) is 0 Å². The van der Waals surface area contributed by atoms with Crippen LogP contribution in [0.15, 0.2) is 24.3 Å². The molecule has 3 unspecified atom stereocenters. The van der Waals surface area contributed by atoms with E-state index in [1.165, 1.54) is 0 Å². The normalized spacial score (nSPS) is 27.1. The van der Waals surface area contributed by atoms with Crippen LogP contribution in [0.2, 0.25) is 0 Å². The first-order valence-corrected chi connectivity index (χ1v) is 8.15. The second-order valence-corrected chi connectivity index (χ2v) is 6.98. The summed E-state index contributed by atoms with van der Waals surface area (Å²) >= 11 is 0. The van der Waals surface area contributed by atoms with Crippen molar-refractivity contribution in [1.82, 2.24) is 5.32 Å². The molecule has 0 radical (unpaired) electrons. The van der Waals surface area contributed by atoms with E-state index in [0.29, 0.717) is 13.0 Å². The molecule has 1 aromatic carbocycles. The molecule has 0 aromatic heterocycles. The molecule has 3 atom stereocenters. The Morgan fingerprint density at radius 3 is 2.57 bits per heavy atom. The molecule has 1 aromatic rings. The van der Waals surface area contributed by atoms with Crippen molar-refractivity contribution in [2.45, 2.75) is 51.9 Å². The summed E-state index contributed by atoms with van der Waals surface area (Å²) < 4.78 is 5.64. The third-order valence-electron chi connectivity index (χ3n) is 5.15. The lowest BCUT2D eigenvalue weighted by molar-refractivity contribution is -0.170. The zero-order chi connectivity index (χ0) is 17.3. The number of benzene rings is 1. The standard InChI is InChI=1S/C18H28N2O3/c1-5-23-15-10-18(19,17(15,3)4)16(22)20-11-14(21)13-8-6-12(2)7-9-13/h6-9,14-15,21H,5,10-11,19H2,1-4H3,(H,20,22).